The molecule has 0 spiro atoms. The van der Waals surface area contributed by atoms with Gasteiger partial charge in [-0.1, -0.05) is 12.8 Å². The Morgan fingerprint density at radius 1 is 0.917 bits per heavy atom. The van der Waals surface area contributed by atoms with Crippen molar-refractivity contribution in [1.82, 2.24) is 5.06 Å². The van der Waals surface area contributed by atoms with E-state index in [1.54, 1.807) is 0 Å². The highest BCUT2D eigenvalue weighted by atomic mass is 32.2. The molecule has 13 heteroatoms. The van der Waals surface area contributed by atoms with Gasteiger partial charge in [0.05, 0.1) is 30.3 Å². The molecule has 6 fully saturated rings. The SMILES string of the molecule is O=C1C2CCCCC2C(=O)N1OS(=O)(=O)C(F)(F)C(F)(F)CCOC(=O)C12CC3CC(CC(C3)C1)C2. The van der Waals surface area contributed by atoms with Gasteiger partial charge in [-0.05, 0) is 69.1 Å². The number of nitrogens with zero attached hydrogens (tertiary/aromatic N) is 1. The van der Waals surface area contributed by atoms with E-state index in [1.165, 1.54) is 0 Å². The molecule has 2 amide bonds. The van der Waals surface area contributed by atoms with Gasteiger partial charge in [-0.2, -0.15) is 26.0 Å². The number of fused-ring (bicyclic) bond motifs is 1. The minimum Gasteiger partial charge on any atom is -0.465 e. The summed E-state index contributed by atoms with van der Waals surface area (Å²) in [5, 5.41) is -6.09. The fourth-order valence-corrected chi connectivity index (χ4v) is 8.37. The molecule has 6 aliphatic rings. The predicted octanol–water partition coefficient (Wildman–Crippen LogP) is 3.80. The van der Waals surface area contributed by atoms with E-state index >= 15 is 0 Å². The number of amides is 2. The number of rotatable bonds is 8. The number of halogens is 4. The van der Waals surface area contributed by atoms with E-state index in [2.05, 4.69) is 4.28 Å². The summed E-state index contributed by atoms with van der Waals surface area (Å²) in [6.45, 7) is -1.11. The van der Waals surface area contributed by atoms with Crippen molar-refractivity contribution in [2.45, 2.75) is 81.8 Å². The van der Waals surface area contributed by atoms with Gasteiger partial charge in [0.25, 0.3) is 11.8 Å². The average Bonchev–Trinajstić information content (AvgIpc) is 3.02. The van der Waals surface area contributed by atoms with Crippen molar-refractivity contribution >= 4 is 27.9 Å². The summed E-state index contributed by atoms with van der Waals surface area (Å²) in [6, 6.07) is 0. The molecule has 2 unspecified atom stereocenters. The first-order chi connectivity index (χ1) is 16.8. The third-order valence-corrected chi connectivity index (χ3v) is 10.1. The lowest BCUT2D eigenvalue weighted by Crippen LogP contribution is -2.52. The molecule has 0 aromatic carbocycles. The van der Waals surface area contributed by atoms with Crippen LogP contribution in [0.15, 0.2) is 0 Å². The molecule has 6 rings (SSSR count). The molecular formula is C23H29F4NO7S. The Balaban J connectivity index is 1.21. The van der Waals surface area contributed by atoms with Crippen LogP contribution in [-0.4, -0.2) is 49.0 Å². The third kappa shape index (κ3) is 4.04. The number of carbonyl (C=O) groups excluding carboxylic acids is 3. The second-order valence-corrected chi connectivity index (χ2v) is 12.9. The number of esters is 1. The lowest BCUT2D eigenvalue weighted by molar-refractivity contribution is -0.191. The van der Waals surface area contributed by atoms with Gasteiger partial charge in [0.15, 0.2) is 0 Å². The normalized spacial score (nSPS) is 36.3. The lowest BCUT2D eigenvalue weighted by Gasteiger charge is -2.55. The zero-order valence-corrected chi connectivity index (χ0v) is 20.4. The molecule has 4 bridgehead atoms. The van der Waals surface area contributed by atoms with Crippen LogP contribution in [-0.2, 0) is 33.5 Å². The van der Waals surface area contributed by atoms with Crippen molar-refractivity contribution in [3.05, 3.63) is 0 Å². The standard InChI is InChI=1S/C23H29F4NO7S/c24-22(25,5-6-34-20(31)21-10-13-7-14(11-21)9-15(8-13)12-21)23(26,27)36(32,33)35-28-18(29)16-3-1-2-4-17(16)19(28)30/h13-17H,1-12H2. The molecule has 0 aromatic rings. The van der Waals surface area contributed by atoms with E-state index in [-0.39, 0.29) is 17.9 Å². The minimum atomic E-state index is -6.44. The summed E-state index contributed by atoms with van der Waals surface area (Å²) in [5.74, 6) is -8.86. The van der Waals surface area contributed by atoms with Crippen molar-refractivity contribution in [2.24, 2.45) is 35.0 Å². The predicted molar refractivity (Wildman–Crippen MR) is 113 cm³/mol. The molecule has 8 nitrogen and oxygen atoms in total. The summed E-state index contributed by atoms with van der Waals surface area (Å²) in [7, 11) is -6.44. The number of hydrogen-bond donors (Lipinski definition) is 0. The molecule has 36 heavy (non-hydrogen) atoms. The van der Waals surface area contributed by atoms with Crippen LogP contribution < -0.4 is 0 Å². The molecule has 0 radical (unpaired) electrons. The largest absolute Gasteiger partial charge is 0.465 e. The molecule has 5 aliphatic carbocycles. The molecule has 202 valence electrons. The van der Waals surface area contributed by atoms with E-state index in [0.29, 0.717) is 49.9 Å². The number of alkyl halides is 4. The summed E-state index contributed by atoms with van der Waals surface area (Å²) in [5.41, 5.74) is -0.783. The van der Waals surface area contributed by atoms with Crippen LogP contribution >= 0.6 is 0 Å². The third-order valence-electron chi connectivity index (χ3n) is 8.83. The van der Waals surface area contributed by atoms with Gasteiger partial charge in [-0.25, -0.2) is 0 Å². The molecule has 2 atom stereocenters. The number of ether oxygens (including phenoxy) is 1. The van der Waals surface area contributed by atoms with E-state index < -0.39 is 69.4 Å². The van der Waals surface area contributed by atoms with Crippen molar-refractivity contribution in [3.63, 3.8) is 0 Å². The monoisotopic (exact) mass is 539 g/mol. The molecule has 0 N–H and O–H groups in total. The fraction of sp³-hybridized carbons (Fsp3) is 0.870. The molecule has 5 saturated carbocycles. The number of hydrogen-bond acceptors (Lipinski definition) is 7. The Hall–Kier alpha value is -1.76. The highest BCUT2D eigenvalue weighted by Gasteiger charge is 2.68. The summed E-state index contributed by atoms with van der Waals surface area (Å²) in [6.07, 6.45) is 4.73. The smallest absolute Gasteiger partial charge is 0.433 e. The first-order valence-electron chi connectivity index (χ1n) is 12.5. The van der Waals surface area contributed by atoms with Crippen LogP contribution in [0.4, 0.5) is 17.6 Å². The van der Waals surface area contributed by atoms with E-state index in [9.17, 15) is 40.4 Å². The molecule has 1 aliphatic heterocycles. The van der Waals surface area contributed by atoms with Gasteiger partial charge in [0.1, 0.15) is 0 Å². The van der Waals surface area contributed by atoms with Crippen LogP contribution in [0, 0.1) is 35.0 Å². The topological polar surface area (TPSA) is 107 Å². The quantitative estimate of drug-likeness (QED) is 0.262. The lowest BCUT2D eigenvalue weighted by atomic mass is 9.49. The second kappa shape index (κ2) is 8.64. The Morgan fingerprint density at radius 3 is 1.86 bits per heavy atom. The minimum absolute atomic E-state index is 0.247. The first kappa shape index (κ1) is 25.9. The number of imide groups is 1. The van der Waals surface area contributed by atoms with Crippen LogP contribution in [0.25, 0.3) is 0 Å². The van der Waals surface area contributed by atoms with Crippen molar-refractivity contribution < 1.29 is 49.4 Å². The summed E-state index contributed by atoms with van der Waals surface area (Å²) >= 11 is 0. The molecular weight excluding hydrogens is 510 g/mol. The molecule has 1 saturated heterocycles. The maximum Gasteiger partial charge on any atom is 0.433 e. The van der Waals surface area contributed by atoms with Crippen LogP contribution in [0.1, 0.15) is 70.6 Å². The zero-order chi connectivity index (χ0) is 26.1. The van der Waals surface area contributed by atoms with Gasteiger partial charge < -0.3 is 4.74 Å². The Labute approximate surface area is 206 Å². The van der Waals surface area contributed by atoms with Crippen LogP contribution in [0.5, 0.6) is 0 Å². The number of hydroxylamine groups is 2. The van der Waals surface area contributed by atoms with Gasteiger partial charge in [-0.15, -0.1) is 9.35 Å². The van der Waals surface area contributed by atoms with Crippen molar-refractivity contribution in [1.29, 1.82) is 0 Å². The van der Waals surface area contributed by atoms with Gasteiger partial charge in [0, 0.05) is 0 Å². The maximum atomic E-state index is 14.5. The van der Waals surface area contributed by atoms with Crippen LogP contribution in [0.3, 0.4) is 0 Å². The summed E-state index contributed by atoms with van der Waals surface area (Å²) in [4.78, 5) is 37.5. The maximum absolute atomic E-state index is 14.5. The van der Waals surface area contributed by atoms with Crippen LogP contribution in [0.2, 0.25) is 0 Å². The van der Waals surface area contributed by atoms with E-state index in [0.717, 1.165) is 19.3 Å². The Morgan fingerprint density at radius 2 is 1.39 bits per heavy atom. The zero-order valence-electron chi connectivity index (χ0n) is 19.6. The van der Waals surface area contributed by atoms with Gasteiger partial charge in [0.2, 0.25) is 0 Å². The molecule has 0 aromatic heterocycles. The van der Waals surface area contributed by atoms with Gasteiger partial charge >= 0.3 is 27.3 Å². The molecule has 1 heterocycles. The van der Waals surface area contributed by atoms with E-state index in [1.807, 2.05) is 0 Å². The first-order valence-corrected chi connectivity index (χ1v) is 13.9. The highest BCUT2D eigenvalue weighted by Crippen LogP contribution is 2.60. The van der Waals surface area contributed by atoms with E-state index in [4.69, 9.17) is 4.74 Å². The van der Waals surface area contributed by atoms with Crippen molar-refractivity contribution in [2.75, 3.05) is 6.61 Å². The average molecular weight is 540 g/mol. The van der Waals surface area contributed by atoms with Crippen molar-refractivity contribution in [3.8, 4) is 0 Å². The second-order valence-electron chi connectivity index (χ2n) is 11.3. The highest BCUT2D eigenvalue weighted by molar-refractivity contribution is 7.87. The Bertz CT molecular complexity index is 1000. The number of carbonyl (C=O) groups is 3. The Kier molecular flexibility index (Phi) is 6.21. The summed E-state index contributed by atoms with van der Waals surface area (Å²) < 4.78 is 91.4. The van der Waals surface area contributed by atoms with Gasteiger partial charge in [-0.3, -0.25) is 14.4 Å². The fourth-order valence-electron chi connectivity index (χ4n) is 7.46.